The van der Waals surface area contributed by atoms with Crippen molar-refractivity contribution in [2.24, 2.45) is 0 Å². The van der Waals surface area contributed by atoms with Crippen LogP contribution in [0.25, 0.3) is 0 Å². The molecule has 0 bridgehead atoms. The van der Waals surface area contributed by atoms with Crippen LogP contribution in [0, 0.1) is 13.8 Å². The van der Waals surface area contributed by atoms with E-state index in [1.165, 1.54) is 16.4 Å². The van der Waals surface area contributed by atoms with E-state index >= 15 is 0 Å². The summed E-state index contributed by atoms with van der Waals surface area (Å²) in [6.07, 6.45) is 0. The van der Waals surface area contributed by atoms with Gasteiger partial charge >= 0.3 is 0 Å². The third-order valence-corrected chi connectivity index (χ3v) is 6.78. The highest BCUT2D eigenvalue weighted by molar-refractivity contribution is 7.99. The van der Waals surface area contributed by atoms with Crippen LogP contribution in [-0.2, 0) is 11.4 Å². The maximum atomic E-state index is 12.7. The summed E-state index contributed by atoms with van der Waals surface area (Å²) in [6, 6.07) is 19.7. The highest BCUT2D eigenvalue weighted by atomic mass is 32.2. The van der Waals surface area contributed by atoms with Gasteiger partial charge in [-0.2, -0.15) is 0 Å². The maximum absolute atomic E-state index is 12.7. The number of thiophene rings is 1. The summed E-state index contributed by atoms with van der Waals surface area (Å²) in [6.45, 7) is 4.23. The fourth-order valence-corrected chi connectivity index (χ4v) is 4.91. The first-order valence-corrected chi connectivity index (χ1v) is 12.3. The summed E-state index contributed by atoms with van der Waals surface area (Å²) in [5, 5.41) is 13.8. The highest BCUT2D eigenvalue weighted by Gasteiger charge is 2.19. The molecule has 1 atom stereocenters. The second-order valence-corrected chi connectivity index (χ2v) is 9.52. The lowest BCUT2D eigenvalue weighted by atomic mass is 10.1. The van der Waals surface area contributed by atoms with E-state index in [4.69, 9.17) is 10.6 Å². The zero-order valence-corrected chi connectivity index (χ0v) is 20.0. The molecule has 0 spiro atoms. The Bertz CT molecular complexity index is 1190. The van der Waals surface area contributed by atoms with Crippen molar-refractivity contribution in [2.75, 3.05) is 11.6 Å². The number of nitrogen functional groups attached to an aromatic ring is 1. The summed E-state index contributed by atoms with van der Waals surface area (Å²) < 4.78 is 7.20. The first kappa shape index (κ1) is 22.9. The predicted octanol–water partition coefficient (Wildman–Crippen LogP) is 4.25. The van der Waals surface area contributed by atoms with Crippen molar-refractivity contribution >= 4 is 29.0 Å². The average Bonchev–Trinajstić information content (AvgIpc) is 3.45. The first-order chi connectivity index (χ1) is 16.0. The monoisotopic (exact) mass is 479 g/mol. The minimum Gasteiger partial charge on any atom is -0.486 e. The van der Waals surface area contributed by atoms with Crippen molar-refractivity contribution in [3.05, 3.63) is 93.4 Å². The Hall–Kier alpha value is -3.30. The Kier molecular flexibility index (Phi) is 7.31. The van der Waals surface area contributed by atoms with Crippen molar-refractivity contribution in [3.8, 4) is 5.75 Å². The lowest BCUT2D eigenvalue weighted by Gasteiger charge is -2.18. The van der Waals surface area contributed by atoms with Gasteiger partial charge in [0.25, 0.3) is 0 Å². The van der Waals surface area contributed by atoms with E-state index < -0.39 is 0 Å². The van der Waals surface area contributed by atoms with Gasteiger partial charge in [-0.25, -0.2) is 4.68 Å². The zero-order valence-electron chi connectivity index (χ0n) is 18.4. The number of thioether (sulfide) groups is 1. The predicted molar refractivity (Wildman–Crippen MR) is 132 cm³/mol. The minimum atomic E-state index is -0.197. The second kappa shape index (κ2) is 10.5. The molecule has 4 aromatic rings. The highest BCUT2D eigenvalue weighted by Crippen LogP contribution is 2.26. The minimum absolute atomic E-state index is 0.113. The van der Waals surface area contributed by atoms with Gasteiger partial charge in [-0.05, 0) is 54.1 Å². The molecule has 3 N–H and O–H groups in total. The van der Waals surface area contributed by atoms with Crippen LogP contribution < -0.4 is 15.9 Å². The quantitative estimate of drug-likeness (QED) is 0.275. The van der Waals surface area contributed by atoms with Crippen LogP contribution >= 0.6 is 23.1 Å². The number of ether oxygens (including phenoxy) is 1. The molecule has 0 saturated carbocycles. The largest absolute Gasteiger partial charge is 0.486 e. The van der Waals surface area contributed by atoms with Crippen molar-refractivity contribution in [1.29, 1.82) is 0 Å². The van der Waals surface area contributed by atoms with Gasteiger partial charge in [0.1, 0.15) is 12.4 Å². The normalized spacial score (nSPS) is 11.8. The molecule has 0 aliphatic heterocycles. The molecular formula is C24H25N5O2S2. The van der Waals surface area contributed by atoms with Gasteiger partial charge in [-0.1, -0.05) is 54.2 Å². The molecule has 170 valence electrons. The van der Waals surface area contributed by atoms with Gasteiger partial charge < -0.3 is 15.9 Å². The van der Waals surface area contributed by atoms with E-state index in [1.807, 2.05) is 73.8 Å². The molecule has 1 unspecified atom stereocenters. The lowest BCUT2D eigenvalue weighted by Crippen LogP contribution is -2.30. The maximum Gasteiger partial charge on any atom is 0.231 e. The Morgan fingerprint density at radius 1 is 1.12 bits per heavy atom. The fraction of sp³-hybridized carbons (Fsp3) is 0.208. The van der Waals surface area contributed by atoms with Crippen molar-refractivity contribution < 1.29 is 9.53 Å². The lowest BCUT2D eigenvalue weighted by molar-refractivity contribution is -0.119. The van der Waals surface area contributed by atoms with Crippen LogP contribution in [0.5, 0.6) is 5.75 Å². The molecule has 2 aromatic carbocycles. The molecule has 7 nitrogen and oxygen atoms in total. The molecule has 0 fully saturated rings. The van der Waals surface area contributed by atoms with Gasteiger partial charge in [0.15, 0.2) is 5.82 Å². The Labute approximate surface area is 201 Å². The van der Waals surface area contributed by atoms with Crippen molar-refractivity contribution in [1.82, 2.24) is 20.2 Å². The van der Waals surface area contributed by atoms with E-state index in [0.29, 0.717) is 11.0 Å². The number of hydrogen-bond acceptors (Lipinski definition) is 7. The number of aromatic nitrogens is 3. The standard InChI is InChI=1S/C24H25N5O2S2/c1-16-11-17(2)13-19(12-16)31-14-21-27-28-24(29(21)25)33-15-22(30)26-23(20-9-6-10-32-20)18-7-4-3-5-8-18/h3-13,23H,14-15,25H2,1-2H3,(H,26,30). The number of aryl methyl sites for hydroxylation is 2. The molecule has 4 rings (SSSR count). The van der Waals surface area contributed by atoms with E-state index in [0.717, 1.165) is 27.3 Å². The van der Waals surface area contributed by atoms with Gasteiger partial charge in [0.2, 0.25) is 11.1 Å². The van der Waals surface area contributed by atoms with Crippen LogP contribution in [0.3, 0.4) is 0 Å². The topological polar surface area (TPSA) is 95.1 Å². The van der Waals surface area contributed by atoms with Crippen LogP contribution in [0.1, 0.15) is 33.4 Å². The van der Waals surface area contributed by atoms with Crippen molar-refractivity contribution in [3.63, 3.8) is 0 Å². The van der Waals surface area contributed by atoms with Crippen LogP contribution in [0.15, 0.2) is 71.2 Å². The van der Waals surface area contributed by atoms with Crippen LogP contribution in [-0.4, -0.2) is 26.5 Å². The number of nitrogens with two attached hydrogens (primary N) is 1. The first-order valence-electron chi connectivity index (χ1n) is 10.4. The summed E-state index contributed by atoms with van der Waals surface area (Å²) in [7, 11) is 0. The summed E-state index contributed by atoms with van der Waals surface area (Å²) in [5.74, 6) is 7.44. The van der Waals surface area contributed by atoms with Crippen molar-refractivity contribution in [2.45, 2.75) is 31.7 Å². The van der Waals surface area contributed by atoms with E-state index in [9.17, 15) is 4.79 Å². The fourth-order valence-electron chi connectivity index (χ4n) is 3.42. The molecule has 2 heterocycles. The number of hydrogen-bond donors (Lipinski definition) is 2. The Balaban J connectivity index is 1.36. The molecular weight excluding hydrogens is 454 g/mol. The van der Waals surface area contributed by atoms with Gasteiger partial charge in [0.05, 0.1) is 11.8 Å². The van der Waals surface area contributed by atoms with Gasteiger partial charge in [-0.3, -0.25) is 4.79 Å². The van der Waals surface area contributed by atoms with Gasteiger partial charge in [-0.15, -0.1) is 21.5 Å². The summed E-state index contributed by atoms with van der Waals surface area (Å²) >= 11 is 2.85. The summed E-state index contributed by atoms with van der Waals surface area (Å²) in [5.41, 5.74) is 3.28. The van der Waals surface area contributed by atoms with E-state index in [-0.39, 0.29) is 24.3 Å². The van der Waals surface area contributed by atoms with Crippen LogP contribution in [0.2, 0.25) is 0 Å². The SMILES string of the molecule is Cc1cc(C)cc(OCc2nnc(SCC(=O)NC(c3ccccc3)c3cccs3)n2N)c1. The number of carbonyl (C=O) groups is 1. The number of rotatable bonds is 9. The second-order valence-electron chi connectivity index (χ2n) is 7.60. The summed E-state index contributed by atoms with van der Waals surface area (Å²) in [4.78, 5) is 13.8. The molecule has 33 heavy (non-hydrogen) atoms. The third-order valence-electron chi connectivity index (χ3n) is 4.90. The number of nitrogens with one attached hydrogen (secondary N) is 1. The Morgan fingerprint density at radius 2 is 1.88 bits per heavy atom. The molecule has 1 amide bonds. The number of nitrogens with zero attached hydrogens (tertiary/aromatic N) is 3. The third kappa shape index (κ3) is 5.94. The molecule has 9 heteroatoms. The number of amides is 1. The van der Waals surface area contributed by atoms with Gasteiger partial charge in [0, 0.05) is 4.88 Å². The number of carbonyl (C=O) groups excluding carboxylic acids is 1. The molecule has 0 saturated heterocycles. The van der Waals surface area contributed by atoms with Crippen LogP contribution in [0.4, 0.5) is 0 Å². The zero-order chi connectivity index (χ0) is 23.2. The molecule has 0 aliphatic carbocycles. The molecule has 0 radical (unpaired) electrons. The van der Waals surface area contributed by atoms with E-state index in [2.05, 4.69) is 21.6 Å². The van der Waals surface area contributed by atoms with E-state index in [1.54, 1.807) is 11.3 Å². The average molecular weight is 480 g/mol. The smallest absolute Gasteiger partial charge is 0.231 e. The molecule has 2 aromatic heterocycles. The number of benzene rings is 2. The molecule has 0 aliphatic rings. The Morgan fingerprint density at radius 3 is 2.58 bits per heavy atom.